The van der Waals surface area contributed by atoms with Crippen molar-refractivity contribution in [1.29, 1.82) is 0 Å². The summed E-state index contributed by atoms with van der Waals surface area (Å²) in [5.41, 5.74) is 5.64. The normalized spacial score (nSPS) is 22.9. The molecule has 0 bridgehead atoms. The largest absolute Gasteiger partial charge is 0.444 e. The number of nitrogens with zero attached hydrogens (tertiary/aromatic N) is 2. The molecule has 1 fully saturated rings. The third-order valence-electron chi connectivity index (χ3n) is 3.49. The summed E-state index contributed by atoms with van der Waals surface area (Å²) in [6, 6.07) is -0.494. The molecule has 0 spiro atoms. The van der Waals surface area contributed by atoms with Crippen molar-refractivity contribution in [2.45, 2.75) is 32.7 Å². The number of aromatic nitrogens is 1. The predicted molar refractivity (Wildman–Crippen MR) is 75.1 cm³/mol. The van der Waals surface area contributed by atoms with Gasteiger partial charge in [0, 0.05) is 13.1 Å². The van der Waals surface area contributed by atoms with E-state index in [1.54, 1.807) is 20.0 Å². The fraction of sp³-hybridized carbons (Fsp3) is 0.750. The smallest absolute Gasteiger partial charge is 0.280 e. The number of piperidine rings is 1. The average molecular weight is 302 g/mol. The summed E-state index contributed by atoms with van der Waals surface area (Å²) in [5, 5.41) is 0. The Kier molecular flexibility index (Phi) is 4.79. The second-order valence-corrected chi connectivity index (χ2v) is 6.96. The minimum absolute atomic E-state index is 0.236. The van der Waals surface area contributed by atoms with Crippen LogP contribution in [-0.4, -0.2) is 37.3 Å². The van der Waals surface area contributed by atoms with Crippen LogP contribution >= 0.6 is 0 Å². The van der Waals surface area contributed by atoms with E-state index in [1.165, 1.54) is 4.31 Å². The lowest BCUT2D eigenvalue weighted by molar-refractivity contribution is 0.266. The van der Waals surface area contributed by atoms with E-state index in [0.717, 1.165) is 12.8 Å². The maximum Gasteiger partial charge on any atom is 0.280 e. The highest BCUT2D eigenvalue weighted by atomic mass is 32.2. The van der Waals surface area contributed by atoms with Crippen LogP contribution in [0, 0.1) is 12.8 Å². The quantitative estimate of drug-likeness (QED) is 0.827. The molecular weight excluding hydrogens is 280 g/mol. The molecule has 2 rings (SSSR count). The first kappa shape index (κ1) is 15.4. The van der Waals surface area contributed by atoms with Crippen molar-refractivity contribution < 1.29 is 12.8 Å². The van der Waals surface area contributed by atoms with Gasteiger partial charge < -0.3 is 10.2 Å². The van der Waals surface area contributed by atoms with Crippen LogP contribution in [0.5, 0.6) is 0 Å². The van der Waals surface area contributed by atoms with Gasteiger partial charge in [-0.15, -0.1) is 0 Å². The topological polar surface area (TPSA) is 101 Å². The molecule has 3 N–H and O–H groups in total. The number of nitrogens with two attached hydrogens (primary N) is 1. The molecule has 1 saturated heterocycles. The molecule has 8 heteroatoms. The van der Waals surface area contributed by atoms with E-state index >= 15 is 0 Å². The lowest BCUT2D eigenvalue weighted by Gasteiger charge is -2.31. The summed E-state index contributed by atoms with van der Waals surface area (Å²) in [6.45, 7) is 5.01. The Morgan fingerprint density at radius 2 is 2.40 bits per heavy atom. The van der Waals surface area contributed by atoms with Crippen molar-refractivity contribution >= 4 is 10.2 Å². The van der Waals surface area contributed by atoms with Crippen molar-refractivity contribution in [2.24, 2.45) is 11.7 Å². The van der Waals surface area contributed by atoms with Gasteiger partial charge in [0.05, 0.1) is 12.2 Å². The summed E-state index contributed by atoms with van der Waals surface area (Å²) >= 11 is 0. The lowest BCUT2D eigenvalue weighted by Crippen LogP contribution is -2.47. The third-order valence-corrected chi connectivity index (χ3v) is 5.15. The first-order valence-electron chi connectivity index (χ1n) is 6.82. The van der Waals surface area contributed by atoms with Gasteiger partial charge in [-0.25, -0.2) is 4.98 Å². The molecule has 1 aromatic rings. The van der Waals surface area contributed by atoms with Crippen LogP contribution in [0.3, 0.4) is 0 Å². The van der Waals surface area contributed by atoms with E-state index in [0.29, 0.717) is 31.3 Å². The number of nitrogens with one attached hydrogen (secondary N) is 1. The summed E-state index contributed by atoms with van der Waals surface area (Å²) in [4.78, 5) is 4.04. The molecule has 0 aromatic carbocycles. The van der Waals surface area contributed by atoms with Gasteiger partial charge in [-0.3, -0.25) is 0 Å². The van der Waals surface area contributed by atoms with Gasteiger partial charge in [-0.1, -0.05) is 0 Å². The Morgan fingerprint density at radius 3 is 3.00 bits per heavy atom. The van der Waals surface area contributed by atoms with Gasteiger partial charge in [0.2, 0.25) is 5.89 Å². The minimum Gasteiger partial charge on any atom is -0.444 e. The zero-order valence-corrected chi connectivity index (χ0v) is 12.7. The minimum atomic E-state index is -3.54. The Labute approximate surface area is 119 Å². The SMILES string of the molecule is Cc1cnc(C(C)NS(=O)(=O)N2CCCC(CN)C2)o1. The molecule has 0 amide bonds. The van der Waals surface area contributed by atoms with Crippen LogP contribution in [0.25, 0.3) is 0 Å². The molecule has 1 aliphatic rings. The predicted octanol–water partition coefficient (Wildman–Crippen LogP) is 0.549. The van der Waals surface area contributed by atoms with E-state index in [4.69, 9.17) is 10.2 Å². The summed E-state index contributed by atoms with van der Waals surface area (Å²) < 4.78 is 34.1. The van der Waals surface area contributed by atoms with E-state index in [1.807, 2.05) is 0 Å². The summed E-state index contributed by atoms with van der Waals surface area (Å²) in [5.74, 6) is 1.27. The Hall–Kier alpha value is -0.960. The molecule has 0 saturated carbocycles. The van der Waals surface area contributed by atoms with Crippen LogP contribution in [0.4, 0.5) is 0 Å². The average Bonchev–Trinajstić information content (AvgIpc) is 2.85. The molecular formula is C12H22N4O3S. The van der Waals surface area contributed by atoms with Gasteiger partial charge in [-0.2, -0.15) is 17.4 Å². The molecule has 2 unspecified atom stereocenters. The van der Waals surface area contributed by atoms with Gasteiger partial charge in [0.15, 0.2) is 0 Å². The second-order valence-electron chi connectivity index (χ2n) is 5.26. The fourth-order valence-corrected chi connectivity index (χ4v) is 3.83. The number of hydrogen-bond acceptors (Lipinski definition) is 5. The molecule has 2 heterocycles. The second kappa shape index (κ2) is 6.21. The first-order valence-corrected chi connectivity index (χ1v) is 8.26. The molecule has 1 aromatic heterocycles. The van der Waals surface area contributed by atoms with E-state index in [9.17, 15) is 8.42 Å². The first-order chi connectivity index (χ1) is 9.42. The standard InChI is InChI=1S/C12H22N4O3S/c1-9-7-14-12(19-9)10(2)15-20(17,18)16-5-3-4-11(6-13)8-16/h7,10-11,15H,3-6,8,13H2,1-2H3. The summed E-state index contributed by atoms with van der Waals surface area (Å²) in [6.07, 6.45) is 3.40. The molecule has 0 aliphatic carbocycles. The number of hydrogen-bond donors (Lipinski definition) is 2. The van der Waals surface area contributed by atoms with Crippen LogP contribution < -0.4 is 10.5 Å². The van der Waals surface area contributed by atoms with Crippen molar-refractivity contribution in [3.8, 4) is 0 Å². The zero-order chi connectivity index (χ0) is 14.8. The Bertz CT molecular complexity index is 543. The zero-order valence-electron chi connectivity index (χ0n) is 11.9. The maximum absolute atomic E-state index is 12.3. The van der Waals surface area contributed by atoms with Crippen LogP contribution in [0.1, 0.15) is 37.5 Å². The van der Waals surface area contributed by atoms with Crippen molar-refractivity contribution in [1.82, 2.24) is 14.0 Å². The van der Waals surface area contributed by atoms with Crippen LogP contribution in [0.15, 0.2) is 10.6 Å². The highest BCUT2D eigenvalue weighted by Crippen LogP contribution is 2.20. The molecule has 2 atom stereocenters. The maximum atomic E-state index is 12.3. The van der Waals surface area contributed by atoms with Crippen LogP contribution in [0.2, 0.25) is 0 Å². The molecule has 114 valence electrons. The highest BCUT2D eigenvalue weighted by Gasteiger charge is 2.30. The lowest BCUT2D eigenvalue weighted by atomic mass is 10.0. The van der Waals surface area contributed by atoms with Crippen molar-refractivity contribution in [2.75, 3.05) is 19.6 Å². The number of rotatable bonds is 5. The summed E-state index contributed by atoms with van der Waals surface area (Å²) in [7, 11) is -3.54. The third kappa shape index (κ3) is 3.57. The highest BCUT2D eigenvalue weighted by molar-refractivity contribution is 7.87. The Morgan fingerprint density at radius 1 is 1.65 bits per heavy atom. The number of aryl methyl sites for hydroxylation is 1. The monoisotopic (exact) mass is 302 g/mol. The number of oxazole rings is 1. The molecule has 7 nitrogen and oxygen atoms in total. The van der Waals surface area contributed by atoms with E-state index < -0.39 is 16.3 Å². The Balaban J connectivity index is 2.03. The van der Waals surface area contributed by atoms with Gasteiger partial charge in [-0.05, 0) is 39.2 Å². The van der Waals surface area contributed by atoms with Crippen molar-refractivity contribution in [3.63, 3.8) is 0 Å². The van der Waals surface area contributed by atoms with Gasteiger partial charge in [0.25, 0.3) is 10.2 Å². The fourth-order valence-electron chi connectivity index (χ4n) is 2.36. The van der Waals surface area contributed by atoms with Crippen LogP contribution in [-0.2, 0) is 10.2 Å². The molecule has 20 heavy (non-hydrogen) atoms. The molecule has 1 aliphatic heterocycles. The van der Waals surface area contributed by atoms with Gasteiger partial charge in [0.1, 0.15) is 5.76 Å². The van der Waals surface area contributed by atoms with E-state index in [-0.39, 0.29) is 5.92 Å². The molecule has 0 radical (unpaired) electrons. The van der Waals surface area contributed by atoms with Crippen molar-refractivity contribution in [3.05, 3.63) is 17.8 Å². The van der Waals surface area contributed by atoms with Gasteiger partial charge >= 0.3 is 0 Å². The van der Waals surface area contributed by atoms with E-state index in [2.05, 4.69) is 9.71 Å².